The monoisotopic (exact) mass is 257 g/mol. The van der Waals surface area contributed by atoms with Crippen molar-refractivity contribution >= 4 is 26.9 Å². The van der Waals surface area contributed by atoms with Gasteiger partial charge in [-0.1, -0.05) is 15.9 Å². The summed E-state index contributed by atoms with van der Waals surface area (Å²) >= 11 is 3.36. The molecule has 14 heavy (non-hydrogen) atoms. The lowest BCUT2D eigenvalue weighted by Gasteiger charge is -1.98. The summed E-state index contributed by atoms with van der Waals surface area (Å²) < 4.78 is 16.0. The molecule has 0 aliphatic carbocycles. The Kier molecular flexibility index (Phi) is 2.69. The maximum Gasteiger partial charge on any atom is 0.264 e. The summed E-state index contributed by atoms with van der Waals surface area (Å²) in [7, 11) is 1.55. The molecule has 0 amide bonds. The van der Waals surface area contributed by atoms with E-state index in [-0.39, 0.29) is 6.79 Å². The van der Waals surface area contributed by atoms with Gasteiger partial charge >= 0.3 is 0 Å². The predicted molar refractivity (Wildman–Crippen MR) is 54.2 cm³/mol. The first-order valence-corrected chi connectivity index (χ1v) is 4.77. The number of benzene rings is 1. The quantitative estimate of drug-likeness (QED) is 0.793. The Labute approximate surface area is 88.9 Å². The minimum Gasteiger partial charge on any atom is -0.448 e. The second-order valence-electron chi connectivity index (χ2n) is 2.68. The van der Waals surface area contributed by atoms with Gasteiger partial charge in [-0.2, -0.15) is 0 Å². The number of hydrogen-bond donors (Lipinski definition) is 0. The van der Waals surface area contributed by atoms with Crippen LogP contribution in [0.1, 0.15) is 0 Å². The molecule has 0 radical (unpaired) electrons. The van der Waals surface area contributed by atoms with Crippen molar-refractivity contribution in [3.8, 4) is 5.88 Å². The van der Waals surface area contributed by atoms with Crippen molar-refractivity contribution in [3.05, 3.63) is 22.7 Å². The molecule has 0 saturated carbocycles. The Bertz CT molecular complexity index is 441. The van der Waals surface area contributed by atoms with Gasteiger partial charge in [0, 0.05) is 11.6 Å². The van der Waals surface area contributed by atoms with E-state index >= 15 is 0 Å². The average molecular weight is 258 g/mol. The summed E-state index contributed by atoms with van der Waals surface area (Å²) in [6.07, 6.45) is 0. The molecular weight excluding hydrogens is 250 g/mol. The first-order chi connectivity index (χ1) is 6.81. The van der Waals surface area contributed by atoms with E-state index < -0.39 is 0 Å². The van der Waals surface area contributed by atoms with Crippen LogP contribution in [0.3, 0.4) is 0 Å². The Balaban J connectivity index is 2.40. The van der Waals surface area contributed by atoms with Gasteiger partial charge in [0.25, 0.3) is 5.88 Å². The largest absolute Gasteiger partial charge is 0.448 e. The summed E-state index contributed by atoms with van der Waals surface area (Å²) in [4.78, 5) is 0. The summed E-state index contributed by atoms with van der Waals surface area (Å²) in [6.45, 7) is 0.161. The standard InChI is InChI=1S/C9H8BrNO3/c1-12-5-13-9-7-4-6(10)2-3-8(7)14-11-9/h2-4H,5H2,1H3. The molecule has 5 heteroatoms. The summed E-state index contributed by atoms with van der Waals surface area (Å²) in [6, 6.07) is 5.59. The highest BCUT2D eigenvalue weighted by atomic mass is 79.9. The van der Waals surface area contributed by atoms with Crippen molar-refractivity contribution in [1.82, 2.24) is 5.16 Å². The van der Waals surface area contributed by atoms with Crippen LogP contribution in [0.2, 0.25) is 0 Å². The number of methoxy groups -OCH3 is 1. The van der Waals surface area contributed by atoms with Gasteiger partial charge in [0.05, 0.1) is 5.39 Å². The number of halogens is 1. The van der Waals surface area contributed by atoms with Crippen molar-refractivity contribution in [3.63, 3.8) is 0 Å². The molecule has 0 atom stereocenters. The maximum absolute atomic E-state index is 5.22. The third kappa shape index (κ3) is 1.73. The van der Waals surface area contributed by atoms with E-state index in [1.165, 1.54) is 0 Å². The minimum absolute atomic E-state index is 0.161. The molecule has 0 bridgehead atoms. The van der Waals surface area contributed by atoms with E-state index in [1.54, 1.807) is 7.11 Å². The van der Waals surface area contributed by atoms with Crippen LogP contribution in [0.15, 0.2) is 27.2 Å². The SMILES string of the molecule is COCOc1noc2ccc(Br)cc12. The highest BCUT2D eigenvalue weighted by Crippen LogP contribution is 2.27. The highest BCUT2D eigenvalue weighted by molar-refractivity contribution is 9.10. The first kappa shape index (κ1) is 9.48. The van der Waals surface area contributed by atoms with Crippen LogP contribution in [-0.2, 0) is 4.74 Å². The first-order valence-electron chi connectivity index (χ1n) is 3.98. The van der Waals surface area contributed by atoms with E-state index in [1.807, 2.05) is 18.2 Å². The molecule has 0 aliphatic rings. The molecule has 2 rings (SSSR count). The van der Waals surface area contributed by atoms with Crippen molar-refractivity contribution < 1.29 is 14.0 Å². The lowest BCUT2D eigenvalue weighted by Crippen LogP contribution is -1.98. The molecule has 1 aromatic carbocycles. The van der Waals surface area contributed by atoms with Gasteiger partial charge in [-0.3, -0.25) is 0 Å². The van der Waals surface area contributed by atoms with Crippen molar-refractivity contribution in [2.75, 3.05) is 13.9 Å². The normalized spacial score (nSPS) is 10.7. The number of rotatable bonds is 3. The zero-order chi connectivity index (χ0) is 9.97. The van der Waals surface area contributed by atoms with Gasteiger partial charge in [0.1, 0.15) is 0 Å². The van der Waals surface area contributed by atoms with E-state index in [0.717, 1.165) is 9.86 Å². The fourth-order valence-electron chi connectivity index (χ4n) is 1.11. The summed E-state index contributed by atoms with van der Waals surface area (Å²) in [5.74, 6) is 0.447. The van der Waals surface area contributed by atoms with Crippen LogP contribution in [0.4, 0.5) is 0 Å². The van der Waals surface area contributed by atoms with Gasteiger partial charge < -0.3 is 14.0 Å². The minimum atomic E-state index is 0.161. The second kappa shape index (κ2) is 3.98. The van der Waals surface area contributed by atoms with Crippen molar-refractivity contribution in [2.45, 2.75) is 0 Å². The third-order valence-electron chi connectivity index (χ3n) is 1.71. The molecule has 0 saturated heterocycles. The average Bonchev–Trinajstić information content (AvgIpc) is 2.57. The Morgan fingerprint density at radius 1 is 1.50 bits per heavy atom. The lowest BCUT2D eigenvalue weighted by molar-refractivity contribution is 0.0463. The topological polar surface area (TPSA) is 44.5 Å². The molecule has 1 heterocycles. The summed E-state index contributed by atoms with van der Waals surface area (Å²) in [5.41, 5.74) is 0.694. The fraction of sp³-hybridized carbons (Fsp3) is 0.222. The van der Waals surface area contributed by atoms with Crippen LogP contribution >= 0.6 is 15.9 Å². The van der Waals surface area contributed by atoms with Crippen LogP contribution in [0, 0.1) is 0 Å². The molecule has 0 N–H and O–H groups in total. The molecule has 0 unspecified atom stereocenters. The zero-order valence-corrected chi connectivity index (χ0v) is 9.08. The lowest BCUT2D eigenvalue weighted by atomic mass is 10.3. The van der Waals surface area contributed by atoms with Crippen molar-refractivity contribution in [1.29, 1.82) is 0 Å². The molecule has 74 valence electrons. The second-order valence-corrected chi connectivity index (χ2v) is 3.59. The maximum atomic E-state index is 5.22. The molecule has 0 fully saturated rings. The molecule has 0 spiro atoms. The van der Waals surface area contributed by atoms with Crippen LogP contribution in [0.5, 0.6) is 5.88 Å². The Morgan fingerprint density at radius 3 is 3.14 bits per heavy atom. The molecule has 4 nitrogen and oxygen atoms in total. The number of ether oxygens (including phenoxy) is 2. The van der Waals surface area contributed by atoms with Crippen LogP contribution < -0.4 is 4.74 Å². The molecular formula is C9H8BrNO3. The third-order valence-corrected chi connectivity index (χ3v) is 2.21. The van der Waals surface area contributed by atoms with E-state index in [0.29, 0.717) is 11.5 Å². The number of fused-ring (bicyclic) bond motifs is 1. The van der Waals surface area contributed by atoms with Gasteiger partial charge in [-0.25, -0.2) is 0 Å². The number of hydrogen-bond acceptors (Lipinski definition) is 4. The van der Waals surface area contributed by atoms with E-state index in [9.17, 15) is 0 Å². The fourth-order valence-corrected chi connectivity index (χ4v) is 1.47. The smallest absolute Gasteiger partial charge is 0.264 e. The molecule has 1 aromatic heterocycles. The van der Waals surface area contributed by atoms with Gasteiger partial charge in [-0.15, -0.1) is 0 Å². The van der Waals surface area contributed by atoms with E-state index in [4.69, 9.17) is 14.0 Å². The Morgan fingerprint density at radius 2 is 2.36 bits per heavy atom. The van der Waals surface area contributed by atoms with E-state index in [2.05, 4.69) is 21.1 Å². The molecule has 0 aliphatic heterocycles. The van der Waals surface area contributed by atoms with Gasteiger partial charge in [-0.05, 0) is 23.4 Å². The number of aromatic nitrogens is 1. The Hall–Kier alpha value is -1.07. The van der Waals surface area contributed by atoms with Gasteiger partial charge in [0.15, 0.2) is 12.4 Å². The van der Waals surface area contributed by atoms with Crippen molar-refractivity contribution in [2.24, 2.45) is 0 Å². The zero-order valence-electron chi connectivity index (χ0n) is 7.49. The number of nitrogens with zero attached hydrogens (tertiary/aromatic N) is 1. The molecule has 2 aromatic rings. The van der Waals surface area contributed by atoms with Crippen LogP contribution in [0.25, 0.3) is 11.0 Å². The van der Waals surface area contributed by atoms with Gasteiger partial charge in [0.2, 0.25) is 0 Å². The predicted octanol–water partition coefficient (Wildman–Crippen LogP) is 2.57. The highest BCUT2D eigenvalue weighted by Gasteiger charge is 2.08. The van der Waals surface area contributed by atoms with Crippen LogP contribution in [-0.4, -0.2) is 19.1 Å². The summed E-state index contributed by atoms with van der Waals surface area (Å²) in [5, 5.41) is 4.61.